The quantitative estimate of drug-likeness (QED) is 0.757. The zero-order chi connectivity index (χ0) is 9.90. The molecule has 0 saturated heterocycles. The van der Waals surface area contributed by atoms with Crippen molar-refractivity contribution >= 4 is 17.8 Å². The van der Waals surface area contributed by atoms with Gasteiger partial charge in [0.05, 0.1) is 12.4 Å². The molecule has 0 spiro atoms. The lowest BCUT2D eigenvalue weighted by atomic mass is 10.4. The van der Waals surface area contributed by atoms with Crippen LogP contribution in [0.15, 0.2) is 12.4 Å². The van der Waals surface area contributed by atoms with Crippen LogP contribution in [0.4, 0.5) is 19.0 Å². The van der Waals surface area contributed by atoms with Crippen LogP contribution >= 0.6 is 11.9 Å². The Morgan fingerprint density at radius 2 is 2.08 bits per heavy atom. The van der Waals surface area contributed by atoms with E-state index in [9.17, 15) is 13.2 Å². The Bertz CT molecular complexity index is 289. The van der Waals surface area contributed by atoms with E-state index in [0.717, 1.165) is 11.9 Å². The molecule has 1 aromatic rings. The predicted molar refractivity (Wildman–Crippen MR) is 44.2 cm³/mol. The van der Waals surface area contributed by atoms with E-state index in [-0.39, 0.29) is 5.82 Å². The monoisotopic (exact) mass is 209 g/mol. The maximum Gasteiger partial charge on any atom is 0.434 e. The van der Waals surface area contributed by atoms with E-state index in [0.29, 0.717) is 6.20 Å². The zero-order valence-corrected chi connectivity index (χ0v) is 7.41. The van der Waals surface area contributed by atoms with Gasteiger partial charge in [-0.05, 0) is 0 Å². The standard InChI is InChI=1S/C6H6F3N3S/c1-13-12-5-3-10-2-4(11-5)6(7,8)9/h2-3H,1H3,(H,11,12). The van der Waals surface area contributed by atoms with Gasteiger partial charge in [0.1, 0.15) is 0 Å². The third kappa shape index (κ3) is 2.76. The highest BCUT2D eigenvalue weighted by Crippen LogP contribution is 2.27. The molecule has 0 atom stereocenters. The van der Waals surface area contributed by atoms with Crippen LogP contribution in [0.25, 0.3) is 0 Å². The first-order chi connectivity index (χ1) is 6.04. The van der Waals surface area contributed by atoms with Crippen LogP contribution in [0.2, 0.25) is 0 Å². The molecular weight excluding hydrogens is 203 g/mol. The fraction of sp³-hybridized carbons (Fsp3) is 0.333. The molecule has 0 fully saturated rings. The SMILES string of the molecule is CSNc1cncc(C(F)(F)F)n1. The Kier molecular flexibility index (Phi) is 2.97. The van der Waals surface area contributed by atoms with Gasteiger partial charge >= 0.3 is 6.18 Å². The number of rotatable bonds is 2. The summed E-state index contributed by atoms with van der Waals surface area (Å²) in [6, 6.07) is 0. The number of hydrogen-bond acceptors (Lipinski definition) is 4. The van der Waals surface area contributed by atoms with Crippen molar-refractivity contribution in [3.8, 4) is 0 Å². The number of hydrogen-bond donors (Lipinski definition) is 1. The molecule has 0 aliphatic rings. The van der Waals surface area contributed by atoms with Gasteiger partial charge in [0, 0.05) is 6.26 Å². The van der Waals surface area contributed by atoms with E-state index in [1.807, 2.05) is 0 Å². The molecule has 0 radical (unpaired) electrons. The van der Waals surface area contributed by atoms with Crippen LogP contribution in [0, 0.1) is 0 Å². The normalized spacial score (nSPS) is 11.4. The topological polar surface area (TPSA) is 37.8 Å². The van der Waals surface area contributed by atoms with Crippen LogP contribution in [0.5, 0.6) is 0 Å². The number of aromatic nitrogens is 2. The first-order valence-corrected chi connectivity index (χ1v) is 4.45. The van der Waals surface area contributed by atoms with Crippen molar-refractivity contribution in [3.63, 3.8) is 0 Å². The van der Waals surface area contributed by atoms with E-state index < -0.39 is 11.9 Å². The highest BCUT2D eigenvalue weighted by molar-refractivity contribution is 7.99. The zero-order valence-electron chi connectivity index (χ0n) is 6.59. The van der Waals surface area contributed by atoms with Gasteiger partial charge in [-0.25, -0.2) is 4.98 Å². The van der Waals surface area contributed by atoms with Gasteiger partial charge in [-0.3, -0.25) is 4.98 Å². The van der Waals surface area contributed by atoms with Gasteiger partial charge in [-0.15, -0.1) is 0 Å². The maximum absolute atomic E-state index is 12.1. The van der Waals surface area contributed by atoms with Crippen LogP contribution < -0.4 is 4.72 Å². The minimum atomic E-state index is -4.44. The molecule has 0 amide bonds. The largest absolute Gasteiger partial charge is 0.434 e. The molecule has 1 rings (SSSR count). The Hall–Kier alpha value is -0.980. The first-order valence-electron chi connectivity index (χ1n) is 3.22. The molecule has 0 saturated carbocycles. The smallest absolute Gasteiger partial charge is 0.313 e. The lowest BCUT2D eigenvalue weighted by molar-refractivity contribution is -0.141. The minimum absolute atomic E-state index is 0.0994. The highest BCUT2D eigenvalue weighted by atomic mass is 32.2. The highest BCUT2D eigenvalue weighted by Gasteiger charge is 2.33. The summed E-state index contributed by atoms with van der Waals surface area (Å²) in [6.45, 7) is 0. The molecule has 0 aliphatic carbocycles. The molecule has 13 heavy (non-hydrogen) atoms. The third-order valence-electron chi connectivity index (χ3n) is 1.13. The summed E-state index contributed by atoms with van der Waals surface area (Å²) in [4.78, 5) is 6.73. The average Bonchev–Trinajstić information content (AvgIpc) is 2.04. The van der Waals surface area contributed by atoms with Crippen LogP contribution in [0.1, 0.15) is 5.69 Å². The van der Waals surface area contributed by atoms with Gasteiger partial charge in [0.2, 0.25) is 0 Å². The number of halogens is 3. The molecular formula is C6H6F3N3S. The molecule has 1 heterocycles. The summed E-state index contributed by atoms with van der Waals surface area (Å²) >= 11 is 1.15. The van der Waals surface area contributed by atoms with Gasteiger partial charge in [-0.2, -0.15) is 13.2 Å². The molecule has 72 valence electrons. The first kappa shape index (κ1) is 10.1. The van der Waals surface area contributed by atoms with E-state index >= 15 is 0 Å². The van der Waals surface area contributed by atoms with E-state index in [1.165, 1.54) is 6.20 Å². The van der Waals surface area contributed by atoms with Gasteiger partial charge in [0.25, 0.3) is 0 Å². The molecule has 0 bridgehead atoms. The second-order valence-electron chi connectivity index (χ2n) is 2.09. The second kappa shape index (κ2) is 3.82. The molecule has 7 heteroatoms. The van der Waals surface area contributed by atoms with E-state index in [2.05, 4.69) is 14.7 Å². The van der Waals surface area contributed by atoms with Crippen LogP contribution in [-0.4, -0.2) is 16.2 Å². The third-order valence-corrected chi connectivity index (χ3v) is 1.54. The van der Waals surface area contributed by atoms with Gasteiger partial charge in [-0.1, -0.05) is 11.9 Å². The summed E-state index contributed by atoms with van der Waals surface area (Å²) in [5.74, 6) is 0.0994. The fourth-order valence-electron chi connectivity index (χ4n) is 0.656. The van der Waals surface area contributed by atoms with Crippen molar-refractivity contribution in [1.29, 1.82) is 0 Å². The minimum Gasteiger partial charge on any atom is -0.313 e. The predicted octanol–water partition coefficient (Wildman–Crippen LogP) is 2.19. The lowest BCUT2D eigenvalue weighted by Gasteiger charge is -2.06. The molecule has 1 aromatic heterocycles. The van der Waals surface area contributed by atoms with Crippen molar-refractivity contribution in [2.24, 2.45) is 0 Å². The van der Waals surface area contributed by atoms with Crippen molar-refractivity contribution in [3.05, 3.63) is 18.1 Å². The van der Waals surface area contributed by atoms with Gasteiger partial charge < -0.3 is 4.72 Å². The van der Waals surface area contributed by atoms with Crippen molar-refractivity contribution < 1.29 is 13.2 Å². The maximum atomic E-state index is 12.1. The lowest BCUT2D eigenvalue weighted by Crippen LogP contribution is -2.09. The summed E-state index contributed by atoms with van der Waals surface area (Å²) < 4.78 is 38.8. The van der Waals surface area contributed by atoms with E-state index in [1.54, 1.807) is 6.26 Å². The molecule has 0 aliphatic heterocycles. The van der Waals surface area contributed by atoms with E-state index in [4.69, 9.17) is 0 Å². The number of anilines is 1. The van der Waals surface area contributed by atoms with Gasteiger partial charge in [0.15, 0.2) is 11.5 Å². The fourth-order valence-corrected chi connectivity index (χ4v) is 0.964. The summed E-state index contributed by atoms with van der Waals surface area (Å²) in [5.41, 5.74) is -0.994. The Morgan fingerprint density at radius 3 is 2.62 bits per heavy atom. The second-order valence-corrected chi connectivity index (χ2v) is 2.71. The summed E-state index contributed by atoms with van der Waals surface area (Å²) in [6.07, 6.45) is -0.845. The average molecular weight is 209 g/mol. The number of nitrogens with zero attached hydrogens (tertiary/aromatic N) is 2. The number of alkyl halides is 3. The van der Waals surface area contributed by atoms with Crippen molar-refractivity contribution in [2.45, 2.75) is 6.18 Å². The molecule has 0 aromatic carbocycles. The summed E-state index contributed by atoms with van der Waals surface area (Å²) in [5, 5.41) is 0. The van der Waals surface area contributed by atoms with Crippen LogP contribution in [-0.2, 0) is 6.18 Å². The Balaban J connectivity index is 2.92. The Morgan fingerprint density at radius 1 is 1.38 bits per heavy atom. The van der Waals surface area contributed by atoms with Crippen LogP contribution in [0.3, 0.4) is 0 Å². The molecule has 0 unspecified atom stereocenters. The number of nitrogens with one attached hydrogen (secondary N) is 1. The van der Waals surface area contributed by atoms with Crippen molar-refractivity contribution in [1.82, 2.24) is 9.97 Å². The Labute approximate surface area is 76.9 Å². The molecule has 3 nitrogen and oxygen atoms in total. The summed E-state index contributed by atoms with van der Waals surface area (Å²) in [7, 11) is 0. The molecule has 1 N–H and O–H groups in total. The van der Waals surface area contributed by atoms with Crippen molar-refractivity contribution in [2.75, 3.05) is 11.0 Å².